The highest BCUT2D eigenvalue weighted by Crippen LogP contribution is 2.24. The molecule has 4 nitrogen and oxygen atoms in total. The van der Waals surface area contributed by atoms with E-state index >= 15 is 0 Å². The molecule has 118 valence electrons. The van der Waals surface area contributed by atoms with Gasteiger partial charge in [0.15, 0.2) is 11.5 Å². The van der Waals surface area contributed by atoms with Gasteiger partial charge in [-0.3, -0.25) is 4.79 Å². The predicted molar refractivity (Wildman–Crippen MR) is 91.4 cm³/mol. The van der Waals surface area contributed by atoms with Crippen LogP contribution in [-0.4, -0.2) is 22.3 Å². The molecule has 23 heavy (non-hydrogen) atoms. The molecule has 0 N–H and O–H groups in total. The molecule has 1 aromatic carbocycles. The number of aryl methyl sites for hydroxylation is 1. The van der Waals surface area contributed by atoms with Crippen LogP contribution in [0.3, 0.4) is 0 Å². The molecule has 2 aromatic heterocycles. The van der Waals surface area contributed by atoms with Gasteiger partial charge in [0.05, 0.1) is 5.01 Å². The highest BCUT2D eigenvalue weighted by molar-refractivity contribution is 7.09. The Labute approximate surface area is 139 Å². The maximum absolute atomic E-state index is 12.6. The monoisotopic (exact) mass is 326 g/mol. The van der Waals surface area contributed by atoms with E-state index in [0.29, 0.717) is 24.6 Å². The number of amides is 1. The molecule has 3 aromatic rings. The number of rotatable bonds is 5. The third-order valence-electron chi connectivity index (χ3n) is 3.57. The van der Waals surface area contributed by atoms with Crippen LogP contribution < -0.4 is 0 Å². The summed E-state index contributed by atoms with van der Waals surface area (Å²) in [5.41, 5.74) is 1.88. The number of nitrogens with zero attached hydrogens (tertiary/aromatic N) is 2. The molecule has 5 heteroatoms. The first-order valence-corrected chi connectivity index (χ1v) is 8.41. The number of hydrogen-bond acceptors (Lipinski definition) is 4. The minimum Gasteiger partial charge on any atom is -0.449 e. The van der Waals surface area contributed by atoms with Gasteiger partial charge < -0.3 is 9.32 Å². The van der Waals surface area contributed by atoms with Crippen molar-refractivity contribution in [1.29, 1.82) is 0 Å². The Bertz CT molecular complexity index is 792. The summed E-state index contributed by atoms with van der Waals surface area (Å²) in [5.74, 6) is 0.881. The summed E-state index contributed by atoms with van der Waals surface area (Å²) in [4.78, 5) is 18.8. The van der Waals surface area contributed by atoms with Gasteiger partial charge in [0.2, 0.25) is 0 Å². The first kappa shape index (κ1) is 15.5. The second-order valence-corrected chi connectivity index (χ2v) is 6.28. The fourth-order valence-electron chi connectivity index (χ4n) is 2.35. The van der Waals surface area contributed by atoms with Gasteiger partial charge in [-0.25, -0.2) is 4.98 Å². The molecule has 0 spiro atoms. The normalized spacial score (nSPS) is 10.7. The van der Waals surface area contributed by atoms with Gasteiger partial charge in [0.1, 0.15) is 5.69 Å². The highest BCUT2D eigenvalue weighted by atomic mass is 32.1. The predicted octanol–water partition coefficient (Wildman–Crippen LogP) is 4.37. The van der Waals surface area contributed by atoms with E-state index in [4.69, 9.17) is 4.42 Å². The topological polar surface area (TPSA) is 46.3 Å². The standard InChI is InChI=1S/C18H18N2O2S/c1-3-20(11-14-7-5-4-6-8-14)18(21)17-10-9-16(22-17)15-12-23-13(2)19-15/h4-10,12H,3,11H2,1-2H3. The fourth-order valence-corrected chi connectivity index (χ4v) is 2.96. The van der Waals surface area contributed by atoms with Crippen molar-refractivity contribution in [2.75, 3.05) is 6.54 Å². The van der Waals surface area contributed by atoms with E-state index in [1.165, 1.54) is 0 Å². The van der Waals surface area contributed by atoms with E-state index < -0.39 is 0 Å². The van der Waals surface area contributed by atoms with Crippen LogP contribution in [0.4, 0.5) is 0 Å². The van der Waals surface area contributed by atoms with Crippen LogP contribution in [0.25, 0.3) is 11.5 Å². The van der Waals surface area contributed by atoms with E-state index in [0.717, 1.165) is 16.3 Å². The largest absolute Gasteiger partial charge is 0.449 e. The highest BCUT2D eigenvalue weighted by Gasteiger charge is 2.19. The number of carbonyl (C=O) groups excluding carboxylic acids is 1. The van der Waals surface area contributed by atoms with Gasteiger partial charge in [-0.2, -0.15) is 0 Å². The number of aromatic nitrogens is 1. The van der Waals surface area contributed by atoms with Crippen LogP contribution in [0.5, 0.6) is 0 Å². The number of hydrogen-bond donors (Lipinski definition) is 0. The first-order valence-electron chi connectivity index (χ1n) is 7.53. The number of furan rings is 1. The average molecular weight is 326 g/mol. The summed E-state index contributed by atoms with van der Waals surface area (Å²) in [6.07, 6.45) is 0. The van der Waals surface area contributed by atoms with Crippen LogP contribution in [0.2, 0.25) is 0 Å². The molecule has 3 rings (SSSR count). The van der Waals surface area contributed by atoms with E-state index in [-0.39, 0.29) is 5.91 Å². The van der Waals surface area contributed by atoms with Crippen LogP contribution in [0.1, 0.15) is 28.0 Å². The molecule has 0 radical (unpaired) electrons. The summed E-state index contributed by atoms with van der Waals surface area (Å²) in [6, 6.07) is 13.5. The number of benzene rings is 1. The lowest BCUT2D eigenvalue weighted by atomic mass is 10.2. The lowest BCUT2D eigenvalue weighted by Crippen LogP contribution is -2.29. The molecule has 1 amide bonds. The Hall–Kier alpha value is -2.40. The lowest BCUT2D eigenvalue weighted by molar-refractivity contribution is 0.0721. The van der Waals surface area contributed by atoms with Gasteiger partial charge in [0, 0.05) is 18.5 Å². The van der Waals surface area contributed by atoms with Gasteiger partial charge in [-0.15, -0.1) is 11.3 Å². The van der Waals surface area contributed by atoms with E-state index in [1.54, 1.807) is 28.4 Å². The summed E-state index contributed by atoms with van der Waals surface area (Å²) >= 11 is 1.56. The van der Waals surface area contributed by atoms with Crippen molar-refractivity contribution >= 4 is 17.2 Å². The molecule has 0 atom stereocenters. The van der Waals surface area contributed by atoms with E-state index in [1.807, 2.05) is 49.6 Å². The van der Waals surface area contributed by atoms with Crippen LogP contribution in [0.15, 0.2) is 52.3 Å². The Morgan fingerprint density at radius 3 is 2.65 bits per heavy atom. The van der Waals surface area contributed by atoms with Crippen LogP contribution in [0, 0.1) is 6.92 Å². The third-order valence-corrected chi connectivity index (χ3v) is 4.35. The van der Waals surface area contributed by atoms with Gasteiger partial charge in [-0.1, -0.05) is 30.3 Å². The second-order valence-electron chi connectivity index (χ2n) is 5.22. The lowest BCUT2D eigenvalue weighted by Gasteiger charge is -2.19. The molecule has 2 heterocycles. The minimum atomic E-state index is -0.102. The van der Waals surface area contributed by atoms with Crippen molar-refractivity contribution in [3.8, 4) is 11.5 Å². The molecule has 0 unspecified atom stereocenters. The molecule has 0 aliphatic carbocycles. The molecular formula is C18H18N2O2S. The summed E-state index contributed by atoms with van der Waals surface area (Å²) in [5, 5.41) is 2.91. The van der Waals surface area contributed by atoms with Crippen molar-refractivity contribution in [2.24, 2.45) is 0 Å². The van der Waals surface area contributed by atoms with Crippen molar-refractivity contribution < 1.29 is 9.21 Å². The SMILES string of the molecule is CCN(Cc1ccccc1)C(=O)c1ccc(-c2csc(C)n2)o1. The Balaban J connectivity index is 1.77. The van der Waals surface area contributed by atoms with Crippen molar-refractivity contribution in [3.05, 3.63) is 64.2 Å². The van der Waals surface area contributed by atoms with Gasteiger partial charge >= 0.3 is 0 Å². The van der Waals surface area contributed by atoms with Gasteiger partial charge in [-0.05, 0) is 31.5 Å². The summed E-state index contributed by atoms with van der Waals surface area (Å²) < 4.78 is 5.72. The zero-order chi connectivity index (χ0) is 16.2. The Morgan fingerprint density at radius 1 is 1.22 bits per heavy atom. The maximum Gasteiger partial charge on any atom is 0.289 e. The van der Waals surface area contributed by atoms with Gasteiger partial charge in [0.25, 0.3) is 5.91 Å². The minimum absolute atomic E-state index is 0.102. The average Bonchev–Trinajstić information content (AvgIpc) is 3.22. The summed E-state index contributed by atoms with van der Waals surface area (Å²) in [6.45, 7) is 5.11. The van der Waals surface area contributed by atoms with E-state index in [9.17, 15) is 4.79 Å². The van der Waals surface area contributed by atoms with Crippen molar-refractivity contribution in [1.82, 2.24) is 9.88 Å². The molecule has 0 aliphatic heterocycles. The van der Waals surface area contributed by atoms with Crippen molar-refractivity contribution in [2.45, 2.75) is 20.4 Å². The van der Waals surface area contributed by atoms with Crippen LogP contribution >= 0.6 is 11.3 Å². The second kappa shape index (κ2) is 6.79. The zero-order valence-corrected chi connectivity index (χ0v) is 14.0. The smallest absolute Gasteiger partial charge is 0.289 e. The number of thiazole rings is 1. The maximum atomic E-state index is 12.6. The Morgan fingerprint density at radius 2 is 2.00 bits per heavy atom. The molecular weight excluding hydrogens is 308 g/mol. The molecule has 0 aliphatic rings. The van der Waals surface area contributed by atoms with Crippen molar-refractivity contribution in [3.63, 3.8) is 0 Å². The molecule has 0 bridgehead atoms. The quantitative estimate of drug-likeness (QED) is 0.699. The summed E-state index contributed by atoms with van der Waals surface area (Å²) in [7, 11) is 0. The van der Waals surface area contributed by atoms with Crippen LogP contribution in [-0.2, 0) is 6.54 Å². The first-order chi connectivity index (χ1) is 11.2. The molecule has 0 fully saturated rings. The fraction of sp³-hybridized carbons (Fsp3) is 0.222. The number of carbonyl (C=O) groups is 1. The van der Waals surface area contributed by atoms with E-state index in [2.05, 4.69) is 4.98 Å². The molecule has 0 saturated carbocycles. The zero-order valence-electron chi connectivity index (χ0n) is 13.2. The Kier molecular flexibility index (Phi) is 4.57. The molecule has 0 saturated heterocycles. The third kappa shape index (κ3) is 3.51.